The van der Waals surface area contributed by atoms with Crippen LogP contribution in [0.2, 0.25) is 0 Å². The van der Waals surface area contributed by atoms with Gasteiger partial charge in [0, 0.05) is 45.2 Å². The van der Waals surface area contributed by atoms with E-state index >= 15 is 0 Å². The van der Waals surface area contributed by atoms with Crippen LogP contribution < -0.4 is 5.32 Å². The molecule has 0 atom stereocenters. The zero-order valence-corrected chi connectivity index (χ0v) is 11.9. The maximum absolute atomic E-state index is 11.3. The second-order valence-corrected chi connectivity index (χ2v) is 5.20. The van der Waals surface area contributed by atoms with E-state index in [9.17, 15) is 4.79 Å². The lowest BCUT2D eigenvalue weighted by molar-refractivity contribution is -0.124. The number of rotatable bonds is 7. The van der Waals surface area contributed by atoms with E-state index in [2.05, 4.69) is 22.2 Å². The molecule has 0 aromatic carbocycles. The molecule has 1 fully saturated rings. The number of amides is 1. The van der Waals surface area contributed by atoms with Gasteiger partial charge in [-0.1, -0.05) is 13.8 Å². The quantitative estimate of drug-likeness (QED) is 0.653. The van der Waals surface area contributed by atoms with Gasteiger partial charge in [0.1, 0.15) is 0 Å². The normalized spacial score (nSPS) is 18.2. The van der Waals surface area contributed by atoms with Crippen molar-refractivity contribution in [2.45, 2.75) is 13.8 Å². The van der Waals surface area contributed by atoms with Gasteiger partial charge in [0.25, 0.3) is 0 Å². The van der Waals surface area contributed by atoms with E-state index < -0.39 is 0 Å². The smallest absolute Gasteiger partial charge is 0.222 e. The van der Waals surface area contributed by atoms with Crippen molar-refractivity contribution in [1.29, 1.82) is 0 Å². The highest BCUT2D eigenvalue weighted by molar-refractivity contribution is 5.77. The summed E-state index contributed by atoms with van der Waals surface area (Å²) in [6.45, 7) is 11.3. The predicted molar refractivity (Wildman–Crippen MR) is 72.6 cm³/mol. The summed E-state index contributed by atoms with van der Waals surface area (Å²) in [5.41, 5.74) is 0. The van der Waals surface area contributed by atoms with Crippen LogP contribution in [0.4, 0.5) is 0 Å². The van der Waals surface area contributed by atoms with Crippen molar-refractivity contribution in [3.8, 4) is 0 Å². The summed E-state index contributed by atoms with van der Waals surface area (Å²) in [7, 11) is 2.16. The van der Waals surface area contributed by atoms with E-state index in [1.165, 1.54) is 0 Å². The van der Waals surface area contributed by atoms with Crippen molar-refractivity contribution >= 4 is 5.91 Å². The topological polar surface area (TPSA) is 44.8 Å². The standard InChI is InChI=1S/C13H27N3O2/c1-12(2)13(17)14-4-10-18-11-9-16-7-5-15(3)6-8-16/h12H,4-11H2,1-3H3,(H,14,17). The molecule has 1 rings (SSSR count). The maximum atomic E-state index is 11.3. The Labute approximate surface area is 110 Å². The van der Waals surface area contributed by atoms with Crippen LogP contribution in [0.5, 0.6) is 0 Å². The minimum absolute atomic E-state index is 0.0512. The Balaban J connectivity index is 1.91. The fraction of sp³-hybridized carbons (Fsp3) is 0.923. The van der Waals surface area contributed by atoms with Crippen LogP contribution in [0, 0.1) is 5.92 Å². The van der Waals surface area contributed by atoms with Gasteiger partial charge in [-0.05, 0) is 7.05 Å². The Hall–Kier alpha value is -0.650. The molecule has 1 heterocycles. The van der Waals surface area contributed by atoms with Gasteiger partial charge in [0.2, 0.25) is 5.91 Å². The number of likely N-dealkylation sites (N-methyl/N-ethyl adjacent to an activating group) is 1. The van der Waals surface area contributed by atoms with Crippen LogP contribution in [0.3, 0.4) is 0 Å². The molecule has 1 amide bonds. The molecule has 0 saturated carbocycles. The first-order valence-corrected chi connectivity index (χ1v) is 6.86. The molecule has 0 aromatic rings. The highest BCUT2D eigenvalue weighted by atomic mass is 16.5. The molecule has 0 bridgehead atoms. The minimum Gasteiger partial charge on any atom is -0.378 e. The number of carbonyl (C=O) groups excluding carboxylic acids is 1. The van der Waals surface area contributed by atoms with Crippen LogP contribution in [0.1, 0.15) is 13.8 Å². The molecule has 5 nitrogen and oxygen atoms in total. The molecule has 1 saturated heterocycles. The monoisotopic (exact) mass is 257 g/mol. The first-order valence-electron chi connectivity index (χ1n) is 6.86. The molecule has 1 aliphatic heterocycles. The number of piperazine rings is 1. The van der Waals surface area contributed by atoms with Crippen molar-refractivity contribution in [2.24, 2.45) is 5.92 Å². The lowest BCUT2D eigenvalue weighted by Gasteiger charge is -2.32. The third kappa shape index (κ3) is 6.33. The Morgan fingerprint density at radius 3 is 2.50 bits per heavy atom. The zero-order chi connectivity index (χ0) is 13.4. The second kappa shape index (κ2) is 8.45. The fourth-order valence-corrected chi connectivity index (χ4v) is 1.82. The maximum Gasteiger partial charge on any atom is 0.222 e. The van der Waals surface area contributed by atoms with Crippen LogP contribution in [-0.2, 0) is 9.53 Å². The SMILES string of the molecule is CC(C)C(=O)NCCOCCN1CCN(C)CC1. The van der Waals surface area contributed by atoms with Crippen molar-refractivity contribution in [3.05, 3.63) is 0 Å². The molecule has 106 valence electrons. The van der Waals surface area contributed by atoms with Gasteiger partial charge in [-0.15, -0.1) is 0 Å². The van der Waals surface area contributed by atoms with E-state index in [0.29, 0.717) is 13.2 Å². The van der Waals surface area contributed by atoms with Crippen molar-refractivity contribution < 1.29 is 9.53 Å². The van der Waals surface area contributed by atoms with E-state index in [4.69, 9.17) is 4.74 Å². The predicted octanol–water partition coefficient (Wildman–Crippen LogP) is 0.0226. The van der Waals surface area contributed by atoms with E-state index in [1.54, 1.807) is 0 Å². The number of carbonyl (C=O) groups is 1. The molecule has 0 aromatic heterocycles. The van der Waals surface area contributed by atoms with Gasteiger partial charge in [-0.2, -0.15) is 0 Å². The largest absolute Gasteiger partial charge is 0.378 e. The Kier molecular flexibility index (Phi) is 7.23. The molecule has 1 N–H and O–H groups in total. The number of nitrogens with one attached hydrogen (secondary N) is 1. The number of ether oxygens (including phenoxy) is 1. The van der Waals surface area contributed by atoms with Crippen molar-refractivity contribution in [3.63, 3.8) is 0 Å². The van der Waals surface area contributed by atoms with Crippen LogP contribution >= 0.6 is 0 Å². The average Bonchev–Trinajstić information content (AvgIpc) is 2.35. The fourth-order valence-electron chi connectivity index (χ4n) is 1.82. The molecular weight excluding hydrogens is 230 g/mol. The third-order valence-corrected chi connectivity index (χ3v) is 3.22. The molecule has 0 spiro atoms. The third-order valence-electron chi connectivity index (χ3n) is 3.22. The molecule has 5 heteroatoms. The van der Waals surface area contributed by atoms with Crippen molar-refractivity contribution in [1.82, 2.24) is 15.1 Å². The average molecular weight is 257 g/mol. The van der Waals surface area contributed by atoms with Gasteiger partial charge < -0.3 is 15.0 Å². The molecule has 0 aliphatic carbocycles. The zero-order valence-electron chi connectivity index (χ0n) is 11.9. The first kappa shape index (κ1) is 15.4. The van der Waals surface area contributed by atoms with Crippen LogP contribution in [0.25, 0.3) is 0 Å². The summed E-state index contributed by atoms with van der Waals surface area (Å²) >= 11 is 0. The molecular formula is C13H27N3O2. The number of nitrogens with zero attached hydrogens (tertiary/aromatic N) is 2. The van der Waals surface area contributed by atoms with E-state index in [1.807, 2.05) is 13.8 Å². The summed E-state index contributed by atoms with van der Waals surface area (Å²) in [6, 6.07) is 0. The van der Waals surface area contributed by atoms with Gasteiger partial charge >= 0.3 is 0 Å². The van der Waals surface area contributed by atoms with Crippen LogP contribution in [0.15, 0.2) is 0 Å². The number of hydrogen-bond acceptors (Lipinski definition) is 4. The Bertz CT molecular complexity index is 238. The van der Waals surface area contributed by atoms with Crippen molar-refractivity contribution in [2.75, 3.05) is 59.5 Å². The van der Waals surface area contributed by atoms with Gasteiger partial charge in [-0.3, -0.25) is 9.69 Å². The molecule has 1 aliphatic rings. The number of hydrogen-bond donors (Lipinski definition) is 1. The summed E-state index contributed by atoms with van der Waals surface area (Å²) in [4.78, 5) is 16.0. The molecule has 18 heavy (non-hydrogen) atoms. The lowest BCUT2D eigenvalue weighted by atomic mass is 10.2. The van der Waals surface area contributed by atoms with E-state index in [0.717, 1.165) is 39.3 Å². The second-order valence-electron chi connectivity index (χ2n) is 5.20. The van der Waals surface area contributed by atoms with Gasteiger partial charge in [-0.25, -0.2) is 0 Å². The minimum atomic E-state index is 0.0512. The molecule has 0 unspecified atom stereocenters. The van der Waals surface area contributed by atoms with Gasteiger partial charge in [0.15, 0.2) is 0 Å². The summed E-state index contributed by atoms with van der Waals surface area (Å²) in [5.74, 6) is 0.146. The van der Waals surface area contributed by atoms with E-state index in [-0.39, 0.29) is 11.8 Å². The Morgan fingerprint density at radius 1 is 1.22 bits per heavy atom. The highest BCUT2D eigenvalue weighted by Crippen LogP contribution is 1.98. The van der Waals surface area contributed by atoms with Crippen LogP contribution in [-0.4, -0.2) is 75.2 Å². The Morgan fingerprint density at radius 2 is 1.89 bits per heavy atom. The molecule has 0 radical (unpaired) electrons. The lowest BCUT2D eigenvalue weighted by Crippen LogP contribution is -2.45. The summed E-state index contributed by atoms with van der Waals surface area (Å²) < 4.78 is 5.52. The summed E-state index contributed by atoms with van der Waals surface area (Å²) in [5, 5.41) is 2.84. The summed E-state index contributed by atoms with van der Waals surface area (Å²) in [6.07, 6.45) is 0. The first-order chi connectivity index (χ1) is 8.59. The van der Waals surface area contributed by atoms with Gasteiger partial charge in [0.05, 0.1) is 13.2 Å². The highest BCUT2D eigenvalue weighted by Gasteiger charge is 2.12.